The van der Waals surface area contributed by atoms with Crippen molar-refractivity contribution in [1.82, 2.24) is 0 Å². The van der Waals surface area contributed by atoms with E-state index in [4.69, 9.17) is 0 Å². The van der Waals surface area contributed by atoms with Crippen LogP contribution in [0.15, 0.2) is 40.9 Å². The standard InChI is InChI=1S/C15H13BrFN/c1-15(2)11-5-4-10(17)8-14(11)18-13-6-3-9(16)7-12(13)15/h3-8,18H,1-2H3. The monoisotopic (exact) mass is 305 g/mol. The SMILES string of the molecule is CC1(C)c2ccc(F)cc2Nc2ccc(Br)cc21. The molecule has 0 amide bonds. The van der Waals surface area contributed by atoms with Gasteiger partial charge in [0.05, 0.1) is 0 Å². The number of fused-ring (bicyclic) bond motifs is 2. The second kappa shape index (κ2) is 3.82. The van der Waals surface area contributed by atoms with E-state index in [9.17, 15) is 4.39 Å². The summed E-state index contributed by atoms with van der Waals surface area (Å²) in [6, 6.07) is 11.1. The van der Waals surface area contributed by atoms with Crippen LogP contribution < -0.4 is 5.32 Å². The Morgan fingerprint density at radius 3 is 2.56 bits per heavy atom. The maximum atomic E-state index is 13.3. The molecule has 0 aromatic heterocycles. The van der Waals surface area contributed by atoms with E-state index < -0.39 is 0 Å². The average Bonchev–Trinajstić information content (AvgIpc) is 2.30. The topological polar surface area (TPSA) is 12.0 Å². The van der Waals surface area contributed by atoms with Crippen molar-refractivity contribution in [2.75, 3.05) is 5.32 Å². The van der Waals surface area contributed by atoms with Gasteiger partial charge in [0.1, 0.15) is 5.82 Å². The normalized spacial score (nSPS) is 15.6. The largest absolute Gasteiger partial charge is 0.355 e. The first-order chi connectivity index (χ1) is 8.48. The molecule has 0 saturated carbocycles. The van der Waals surface area contributed by atoms with Gasteiger partial charge in [-0.2, -0.15) is 0 Å². The first kappa shape index (κ1) is 11.7. The molecule has 0 spiro atoms. The van der Waals surface area contributed by atoms with E-state index in [1.165, 1.54) is 11.6 Å². The lowest BCUT2D eigenvalue weighted by atomic mass is 9.74. The predicted molar refractivity (Wildman–Crippen MR) is 76.0 cm³/mol. The highest BCUT2D eigenvalue weighted by Gasteiger charge is 2.32. The molecule has 3 rings (SSSR count). The van der Waals surface area contributed by atoms with Gasteiger partial charge in [-0.05, 0) is 41.5 Å². The molecule has 0 fully saturated rings. The molecule has 0 bridgehead atoms. The van der Waals surface area contributed by atoms with Crippen LogP contribution in [0.1, 0.15) is 25.0 Å². The summed E-state index contributed by atoms with van der Waals surface area (Å²) in [7, 11) is 0. The quantitative estimate of drug-likeness (QED) is 0.724. The molecule has 18 heavy (non-hydrogen) atoms. The third-order valence-corrected chi connectivity index (χ3v) is 4.07. The van der Waals surface area contributed by atoms with E-state index in [1.807, 2.05) is 18.2 Å². The summed E-state index contributed by atoms with van der Waals surface area (Å²) in [5, 5.41) is 3.30. The Labute approximate surface area is 114 Å². The lowest BCUT2D eigenvalue weighted by Gasteiger charge is -2.35. The number of hydrogen-bond acceptors (Lipinski definition) is 1. The molecule has 0 atom stereocenters. The first-order valence-electron chi connectivity index (χ1n) is 5.85. The van der Waals surface area contributed by atoms with Crippen LogP contribution in [0.3, 0.4) is 0 Å². The van der Waals surface area contributed by atoms with E-state index in [0.29, 0.717) is 0 Å². The smallest absolute Gasteiger partial charge is 0.125 e. The fraction of sp³-hybridized carbons (Fsp3) is 0.200. The molecule has 3 heteroatoms. The zero-order valence-corrected chi connectivity index (χ0v) is 11.8. The molecule has 1 aliphatic heterocycles. The fourth-order valence-electron chi connectivity index (χ4n) is 2.60. The number of hydrogen-bond donors (Lipinski definition) is 1. The minimum atomic E-state index is -0.211. The van der Waals surface area contributed by atoms with E-state index in [1.54, 1.807) is 6.07 Å². The van der Waals surface area contributed by atoms with Crippen LogP contribution in [-0.4, -0.2) is 0 Å². The molecule has 1 aliphatic rings. The van der Waals surface area contributed by atoms with Crippen molar-refractivity contribution < 1.29 is 4.39 Å². The van der Waals surface area contributed by atoms with Crippen molar-refractivity contribution in [3.8, 4) is 0 Å². The molecule has 2 aromatic carbocycles. The van der Waals surface area contributed by atoms with E-state index >= 15 is 0 Å². The first-order valence-corrected chi connectivity index (χ1v) is 6.65. The van der Waals surface area contributed by atoms with Gasteiger partial charge in [0.2, 0.25) is 0 Å². The van der Waals surface area contributed by atoms with Crippen LogP contribution in [0.4, 0.5) is 15.8 Å². The van der Waals surface area contributed by atoms with Crippen LogP contribution in [0.5, 0.6) is 0 Å². The van der Waals surface area contributed by atoms with Gasteiger partial charge in [0, 0.05) is 21.3 Å². The summed E-state index contributed by atoms with van der Waals surface area (Å²) < 4.78 is 14.4. The van der Waals surface area contributed by atoms with Crippen molar-refractivity contribution >= 4 is 27.3 Å². The lowest BCUT2D eigenvalue weighted by molar-refractivity contribution is 0.612. The van der Waals surface area contributed by atoms with Gasteiger partial charge in [0.15, 0.2) is 0 Å². The maximum absolute atomic E-state index is 13.3. The molecule has 0 saturated heterocycles. The summed E-state index contributed by atoms with van der Waals surface area (Å²) in [5.41, 5.74) is 4.11. The van der Waals surface area contributed by atoms with Crippen molar-refractivity contribution in [1.29, 1.82) is 0 Å². The van der Waals surface area contributed by atoms with Crippen molar-refractivity contribution in [3.05, 3.63) is 57.8 Å². The van der Waals surface area contributed by atoms with Crippen LogP contribution >= 0.6 is 15.9 Å². The van der Waals surface area contributed by atoms with Crippen molar-refractivity contribution in [2.45, 2.75) is 19.3 Å². The Balaban J connectivity index is 2.26. The van der Waals surface area contributed by atoms with Crippen molar-refractivity contribution in [3.63, 3.8) is 0 Å². The van der Waals surface area contributed by atoms with Gasteiger partial charge in [-0.15, -0.1) is 0 Å². The third kappa shape index (κ3) is 1.65. The highest BCUT2D eigenvalue weighted by molar-refractivity contribution is 9.10. The lowest BCUT2D eigenvalue weighted by Crippen LogP contribution is -2.26. The summed E-state index contributed by atoms with van der Waals surface area (Å²) in [6.07, 6.45) is 0. The summed E-state index contributed by atoms with van der Waals surface area (Å²) in [5.74, 6) is -0.211. The number of benzene rings is 2. The minimum absolute atomic E-state index is 0.132. The van der Waals surface area contributed by atoms with Crippen LogP contribution in [0, 0.1) is 5.82 Å². The molecule has 1 heterocycles. The molecule has 1 nitrogen and oxygen atoms in total. The zero-order chi connectivity index (χ0) is 12.9. The second-order valence-electron chi connectivity index (χ2n) is 5.13. The van der Waals surface area contributed by atoms with E-state index in [2.05, 4.69) is 41.2 Å². The minimum Gasteiger partial charge on any atom is -0.355 e. The number of nitrogens with one attached hydrogen (secondary N) is 1. The molecular weight excluding hydrogens is 293 g/mol. The van der Waals surface area contributed by atoms with Gasteiger partial charge in [0.25, 0.3) is 0 Å². The van der Waals surface area contributed by atoms with Gasteiger partial charge in [-0.1, -0.05) is 35.8 Å². The second-order valence-corrected chi connectivity index (χ2v) is 6.05. The van der Waals surface area contributed by atoms with Crippen LogP contribution in [0.2, 0.25) is 0 Å². The molecule has 1 N–H and O–H groups in total. The third-order valence-electron chi connectivity index (χ3n) is 3.58. The fourth-order valence-corrected chi connectivity index (χ4v) is 2.96. The van der Waals surface area contributed by atoms with Gasteiger partial charge in [-0.25, -0.2) is 4.39 Å². The Morgan fingerprint density at radius 1 is 1.00 bits per heavy atom. The molecule has 0 aliphatic carbocycles. The Morgan fingerprint density at radius 2 is 1.78 bits per heavy atom. The highest BCUT2D eigenvalue weighted by atomic mass is 79.9. The number of halogens is 2. The zero-order valence-electron chi connectivity index (χ0n) is 10.2. The Hall–Kier alpha value is -1.35. The molecule has 2 aromatic rings. The number of rotatable bonds is 0. The van der Waals surface area contributed by atoms with Crippen LogP contribution in [0.25, 0.3) is 0 Å². The Kier molecular flexibility index (Phi) is 2.49. The highest BCUT2D eigenvalue weighted by Crippen LogP contribution is 2.46. The van der Waals surface area contributed by atoms with Gasteiger partial charge >= 0.3 is 0 Å². The average molecular weight is 306 g/mol. The molecule has 92 valence electrons. The summed E-state index contributed by atoms with van der Waals surface area (Å²) in [6.45, 7) is 4.33. The molecule has 0 unspecified atom stereocenters. The van der Waals surface area contributed by atoms with E-state index in [-0.39, 0.29) is 11.2 Å². The summed E-state index contributed by atoms with van der Waals surface area (Å²) >= 11 is 3.51. The molecular formula is C15H13BrFN. The summed E-state index contributed by atoms with van der Waals surface area (Å²) in [4.78, 5) is 0. The number of anilines is 2. The maximum Gasteiger partial charge on any atom is 0.125 e. The molecule has 0 radical (unpaired) electrons. The van der Waals surface area contributed by atoms with Gasteiger partial charge in [-0.3, -0.25) is 0 Å². The van der Waals surface area contributed by atoms with Crippen molar-refractivity contribution in [2.24, 2.45) is 0 Å². The van der Waals surface area contributed by atoms with Gasteiger partial charge < -0.3 is 5.32 Å². The Bertz CT molecular complexity index is 634. The van der Waals surface area contributed by atoms with E-state index in [0.717, 1.165) is 21.4 Å². The van der Waals surface area contributed by atoms with Crippen LogP contribution in [-0.2, 0) is 5.41 Å². The predicted octanol–water partition coefficient (Wildman–Crippen LogP) is 4.97.